The van der Waals surface area contributed by atoms with Crippen LogP contribution in [0.1, 0.15) is 42.6 Å². The number of nitrogens with one attached hydrogen (secondary N) is 1. The van der Waals surface area contributed by atoms with Crippen LogP contribution in [0.15, 0.2) is 0 Å². The molecule has 0 aromatic carbocycles. The van der Waals surface area contributed by atoms with Crippen molar-refractivity contribution < 1.29 is 9.90 Å². The molecule has 2 aliphatic rings. The molecular formula is C12H17N3O2. The van der Waals surface area contributed by atoms with Gasteiger partial charge in [-0.3, -0.25) is 9.89 Å². The Morgan fingerprint density at radius 1 is 1.41 bits per heavy atom. The molecule has 0 amide bonds. The average Bonchev–Trinajstić information content (AvgIpc) is 2.68. The molecule has 17 heavy (non-hydrogen) atoms. The normalized spacial score (nSPS) is 31.7. The van der Waals surface area contributed by atoms with Gasteiger partial charge in [0.1, 0.15) is 5.41 Å². The summed E-state index contributed by atoms with van der Waals surface area (Å²) in [4.78, 5) is 11.5. The number of aliphatic carboxylic acids is 1. The number of aromatic nitrogens is 2. The first kappa shape index (κ1) is 10.8. The minimum atomic E-state index is -0.819. The van der Waals surface area contributed by atoms with Gasteiger partial charge in [-0.05, 0) is 44.1 Å². The van der Waals surface area contributed by atoms with E-state index in [9.17, 15) is 9.90 Å². The lowest BCUT2D eigenvalue weighted by Crippen LogP contribution is -2.54. The lowest BCUT2D eigenvalue weighted by Gasteiger charge is -2.42. The van der Waals surface area contributed by atoms with Crippen LogP contribution in [0.2, 0.25) is 0 Å². The highest BCUT2D eigenvalue weighted by Gasteiger charge is 2.53. The minimum absolute atomic E-state index is 0.00189. The van der Waals surface area contributed by atoms with Crippen LogP contribution in [0, 0.1) is 0 Å². The van der Waals surface area contributed by atoms with E-state index in [1.54, 1.807) is 0 Å². The fraction of sp³-hybridized carbons (Fsp3) is 0.667. The van der Waals surface area contributed by atoms with Crippen LogP contribution >= 0.6 is 0 Å². The van der Waals surface area contributed by atoms with Crippen molar-refractivity contribution >= 4 is 5.97 Å². The molecule has 0 bridgehead atoms. The SMILES string of the molecule is NC1CC(C(=O)O)(c2n[nH]c3c2CCCC3)C1. The molecule has 0 radical (unpaired) electrons. The second kappa shape index (κ2) is 3.57. The number of fused-ring (bicyclic) bond motifs is 1. The van der Waals surface area contributed by atoms with Crippen LogP contribution in [-0.4, -0.2) is 27.3 Å². The van der Waals surface area contributed by atoms with E-state index in [1.165, 1.54) is 0 Å². The fourth-order valence-corrected chi connectivity index (χ4v) is 3.18. The molecule has 0 saturated heterocycles. The van der Waals surface area contributed by atoms with Crippen LogP contribution in [0.4, 0.5) is 0 Å². The number of H-pyrrole nitrogens is 1. The highest BCUT2D eigenvalue weighted by atomic mass is 16.4. The number of hydrogen-bond donors (Lipinski definition) is 3. The van der Waals surface area contributed by atoms with E-state index < -0.39 is 11.4 Å². The summed E-state index contributed by atoms with van der Waals surface area (Å²) in [6, 6.07) is 0.00189. The van der Waals surface area contributed by atoms with Crippen LogP contribution in [0.3, 0.4) is 0 Å². The Morgan fingerprint density at radius 2 is 2.12 bits per heavy atom. The zero-order valence-corrected chi connectivity index (χ0v) is 9.70. The summed E-state index contributed by atoms with van der Waals surface area (Å²) in [5.41, 5.74) is 7.98. The molecule has 5 nitrogen and oxygen atoms in total. The van der Waals surface area contributed by atoms with E-state index in [-0.39, 0.29) is 6.04 Å². The molecule has 1 fully saturated rings. The third-order valence-corrected chi connectivity index (χ3v) is 4.14. The van der Waals surface area contributed by atoms with Crippen molar-refractivity contribution in [2.75, 3.05) is 0 Å². The molecule has 92 valence electrons. The summed E-state index contributed by atoms with van der Waals surface area (Å²) >= 11 is 0. The molecule has 1 saturated carbocycles. The zero-order valence-electron chi connectivity index (χ0n) is 9.70. The van der Waals surface area contributed by atoms with E-state index in [4.69, 9.17) is 5.73 Å². The zero-order chi connectivity index (χ0) is 12.0. The van der Waals surface area contributed by atoms with E-state index in [0.29, 0.717) is 12.8 Å². The Labute approximate surface area is 99.4 Å². The number of aryl methyl sites for hydroxylation is 1. The summed E-state index contributed by atoms with van der Waals surface area (Å²) in [7, 11) is 0. The van der Waals surface area contributed by atoms with Crippen molar-refractivity contribution in [1.29, 1.82) is 0 Å². The topological polar surface area (TPSA) is 92.0 Å². The van der Waals surface area contributed by atoms with Gasteiger partial charge in [-0.15, -0.1) is 0 Å². The smallest absolute Gasteiger partial charge is 0.315 e. The quantitative estimate of drug-likeness (QED) is 0.704. The third kappa shape index (κ3) is 1.42. The Morgan fingerprint density at radius 3 is 2.76 bits per heavy atom. The molecule has 1 heterocycles. The van der Waals surface area contributed by atoms with Gasteiger partial charge in [0.15, 0.2) is 0 Å². The summed E-state index contributed by atoms with van der Waals surface area (Å²) in [5, 5.41) is 16.8. The van der Waals surface area contributed by atoms with Gasteiger partial charge >= 0.3 is 5.97 Å². The van der Waals surface area contributed by atoms with Crippen LogP contribution in [-0.2, 0) is 23.1 Å². The highest BCUT2D eigenvalue weighted by Crippen LogP contribution is 2.45. The highest BCUT2D eigenvalue weighted by molar-refractivity contribution is 5.83. The Balaban J connectivity index is 2.03. The lowest BCUT2D eigenvalue weighted by molar-refractivity contribution is -0.148. The molecule has 5 heteroatoms. The van der Waals surface area contributed by atoms with E-state index in [1.807, 2.05) is 0 Å². The van der Waals surface area contributed by atoms with Crippen LogP contribution < -0.4 is 5.73 Å². The van der Waals surface area contributed by atoms with E-state index in [2.05, 4.69) is 10.2 Å². The number of aromatic amines is 1. The van der Waals surface area contributed by atoms with Crippen molar-refractivity contribution in [2.45, 2.75) is 50.0 Å². The van der Waals surface area contributed by atoms with Gasteiger partial charge in [0.05, 0.1) is 5.69 Å². The largest absolute Gasteiger partial charge is 0.481 e. The third-order valence-electron chi connectivity index (χ3n) is 4.14. The summed E-state index contributed by atoms with van der Waals surface area (Å²) < 4.78 is 0. The molecule has 0 unspecified atom stereocenters. The predicted molar refractivity (Wildman–Crippen MR) is 61.8 cm³/mol. The summed E-state index contributed by atoms with van der Waals surface area (Å²) in [6.45, 7) is 0. The van der Waals surface area contributed by atoms with Gasteiger partial charge in [-0.25, -0.2) is 0 Å². The number of carboxylic acid groups (broad SMARTS) is 1. The summed E-state index contributed by atoms with van der Waals surface area (Å²) in [6.07, 6.45) is 5.25. The number of nitrogens with two attached hydrogens (primary N) is 1. The van der Waals surface area contributed by atoms with Crippen LogP contribution in [0.5, 0.6) is 0 Å². The maximum Gasteiger partial charge on any atom is 0.315 e. The number of carboxylic acids is 1. The van der Waals surface area contributed by atoms with Crippen molar-refractivity contribution in [3.63, 3.8) is 0 Å². The standard InChI is InChI=1S/C12H17N3O2/c13-7-5-12(6-7,11(16)17)10-8-3-1-2-4-9(8)14-15-10/h7H,1-6,13H2,(H,14,15)(H,16,17). The van der Waals surface area contributed by atoms with Gasteiger partial charge in [-0.1, -0.05) is 0 Å². The molecule has 0 aliphatic heterocycles. The Hall–Kier alpha value is -1.36. The molecule has 0 spiro atoms. The monoisotopic (exact) mass is 235 g/mol. The first-order chi connectivity index (χ1) is 8.13. The molecule has 2 aliphatic carbocycles. The van der Waals surface area contributed by atoms with Crippen LogP contribution in [0.25, 0.3) is 0 Å². The second-order valence-electron chi connectivity index (χ2n) is 5.29. The molecule has 1 aromatic heterocycles. The number of rotatable bonds is 2. The van der Waals surface area contributed by atoms with Crippen molar-refractivity contribution in [3.05, 3.63) is 17.0 Å². The van der Waals surface area contributed by atoms with Crippen molar-refractivity contribution in [3.8, 4) is 0 Å². The lowest BCUT2D eigenvalue weighted by atomic mass is 9.62. The molecule has 0 atom stereocenters. The number of nitrogens with zero attached hydrogens (tertiary/aromatic N) is 1. The van der Waals surface area contributed by atoms with Gasteiger partial charge in [-0.2, -0.15) is 5.10 Å². The van der Waals surface area contributed by atoms with Crippen molar-refractivity contribution in [2.24, 2.45) is 5.73 Å². The van der Waals surface area contributed by atoms with Gasteiger partial charge in [0.2, 0.25) is 0 Å². The molecule has 4 N–H and O–H groups in total. The Bertz CT molecular complexity index is 460. The predicted octanol–water partition coefficient (Wildman–Crippen LogP) is 0.732. The van der Waals surface area contributed by atoms with E-state index >= 15 is 0 Å². The minimum Gasteiger partial charge on any atom is -0.481 e. The fourth-order valence-electron chi connectivity index (χ4n) is 3.18. The van der Waals surface area contributed by atoms with Gasteiger partial charge < -0.3 is 10.8 Å². The van der Waals surface area contributed by atoms with E-state index in [0.717, 1.165) is 42.6 Å². The molecule has 3 rings (SSSR count). The van der Waals surface area contributed by atoms with Gasteiger partial charge in [0.25, 0.3) is 0 Å². The second-order valence-corrected chi connectivity index (χ2v) is 5.29. The van der Waals surface area contributed by atoms with Gasteiger partial charge in [0, 0.05) is 11.7 Å². The summed E-state index contributed by atoms with van der Waals surface area (Å²) in [5.74, 6) is -0.779. The molecule has 1 aromatic rings. The average molecular weight is 235 g/mol. The molecular weight excluding hydrogens is 218 g/mol. The maximum absolute atomic E-state index is 11.5. The number of hydrogen-bond acceptors (Lipinski definition) is 3. The Kier molecular flexibility index (Phi) is 2.26. The first-order valence-electron chi connectivity index (χ1n) is 6.19. The first-order valence-corrected chi connectivity index (χ1v) is 6.19. The number of carbonyl (C=O) groups is 1. The maximum atomic E-state index is 11.5. The van der Waals surface area contributed by atoms with Crippen molar-refractivity contribution in [1.82, 2.24) is 10.2 Å².